The van der Waals surface area contributed by atoms with Crippen LogP contribution in [0, 0.1) is 13.8 Å². The highest BCUT2D eigenvalue weighted by atomic mass is 16.5. The van der Waals surface area contributed by atoms with E-state index in [-0.39, 0.29) is 18.0 Å². The second-order valence-electron chi connectivity index (χ2n) is 6.01. The van der Waals surface area contributed by atoms with Gasteiger partial charge < -0.3 is 14.4 Å². The molecular weight excluding hydrogens is 294 g/mol. The second kappa shape index (κ2) is 7.59. The highest BCUT2D eigenvalue weighted by Gasteiger charge is 2.40. The molecule has 23 heavy (non-hydrogen) atoms. The van der Waals surface area contributed by atoms with Crippen molar-refractivity contribution in [3.8, 4) is 0 Å². The van der Waals surface area contributed by atoms with E-state index in [0.29, 0.717) is 26.0 Å². The van der Waals surface area contributed by atoms with E-state index in [4.69, 9.17) is 9.47 Å². The summed E-state index contributed by atoms with van der Waals surface area (Å²) in [4.78, 5) is 26.4. The van der Waals surface area contributed by atoms with E-state index in [9.17, 15) is 9.59 Å². The molecule has 0 aromatic heterocycles. The van der Waals surface area contributed by atoms with Crippen LogP contribution in [0.4, 0.5) is 0 Å². The van der Waals surface area contributed by atoms with E-state index < -0.39 is 6.04 Å². The number of carbonyl (C=O) groups excluding carboxylic acids is 2. The maximum Gasteiger partial charge on any atom is 0.328 e. The Labute approximate surface area is 137 Å². The number of aryl methyl sites for hydroxylation is 2. The molecule has 0 aliphatic carbocycles. The molecule has 1 aliphatic heterocycles. The summed E-state index contributed by atoms with van der Waals surface area (Å²) in [5.41, 5.74) is 3.25. The Kier molecular flexibility index (Phi) is 5.77. The highest BCUT2D eigenvalue weighted by molar-refractivity contribution is 5.86. The average molecular weight is 319 g/mol. The standard InChI is InChI=1S/C18H25NO4/c1-5-23-18(21)16-10-15(22-4)11-19(16)17(20)9-14-7-6-12(2)8-13(14)3/h6-8,15-16H,5,9-11H2,1-4H3. The topological polar surface area (TPSA) is 55.8 Å². The van der Waals surface area contributed by atoms with Crippen molar-refractivity contribution in [3.05, 3.63) is 34.9 Å². The summed E-state index contributed by atoms with van der Waals surface area (Å²) in [7, 11) is 1.60. The van der Waals surface area contributed by atoms with Crippen LogP contribution < -0.4 is 0 Å². The normalized spacial score (nSPS) is 20.6. The Morgan fingerprint density at radius 3 is 2.65 bits per heavy atom. The number of amides is 1. The van der Waals surface area contributed by atoms with Crippen LogP contribution in [0.5, 0.6) is 0 Å². The molecule has 1 saturated heterocycles. The maximum atomic E-state index is 12.7. The van der Waals surface area contributed by atoms with Crippen molar-refractivity contribution in [2.75, 3.05) is 20.3 Å². The molecule has 0 saturated carbocycles. The van der Waals surface area contributed by atoms with E-state index in [0.717, 1.165) is 11.1 Å². The molecule has 1 aliphatic rings. The van der Waals surface area contributed by atoms with E-state index in [1.165, 1.54) is 5.56 Å². The molecule has 0 spiro atoms. The molecule has 0 bridgehead atoms. The first kappa shape index (κ1) is 17.5. The van der Waals surface area contributed by atoms with Crippen molar-refractivity contribution >= 4 is 11.9 Å². The van der Waals surface area contributed by atoms with E-state index in [1.807, 2.05) is 26.0 Å². The maximum absolute atomic E-state index is 12.7. The SMILES string of the molecule is CCOC(=O)C1CC(OC)CN1C(=O)Cc1ccc(C)cc1C. The lowest BCUT2D eigenvalue weighted by atomic mass is 10.0. The van der Waals surface area contributed by atoms with Crippen molar-refractivity contribution in [2.45, 2.75) is 45.8 Å². The molecule has 1 aromatic rings. The van der Waals surface area contributed by atoms with Crippen LogP contribution in [0.3, 0.4) is 0 Å². The monoisotopic (exact) mass is 319 g/mol. The Balaban J connectivity index is 2.13. The van der Waals surface area contributed by atoms with Gasteiger partial charge in [0.15, 0.2) is 0 Å². The van der Waals surface area contributed by atoms with Gasteiger partial charge in [0.05, 0.1) is 19.1 Å². The zero-order valence-electron chi connectivity index (χ0n) is 14.3. The van der Waals surface area contributed by atoms with Gasteiger partial charge in [-0.2, -0.15) is 0 Å². The number of benzene rings is 1. The van der Waals surface area contributed by atoms with Crippen LogP contribution in [0.2, 0.25) is 0 Å². The minimum absolute atomic E-state index is 0.0606. The van der Waals surface area contributed by atoms with E-state index >= 15 is 0 Å². The van der Waals surface area contributed by atoms with Crippen LogP contribution in [0.1, 0.15) is 30.0 Å². The fraction of sp³-hybridized carbons (Fsp3) is 0.556. The largest absolute Gasteiger partial charge is 0.464 e. The quantitative estimate of drug-likeness (QED) is 0.779. The number of nitrogens with zero attached hydrogens (tertiary/aromatic N) is 1. The van der Waals surface area contributed by atoms with Crippen LogP contribution in [0.15, 0.2) is 18.2 Å². The van der Waals surface area contributed by atoms with E-state index in [2.05, 4.69) is 6.07 Å². The minimum atomic E-state index is -0.543. The number of rotatable bonds is 5. The first-order valence-corrected chi connectivity index (χ1v) is 8.01. The number of methoxy groups -OCH3 is 1. The molecule has 1 aromatic carbocycles. The van der Waals surface area contributed by atoms with Gasteiger partial charge in [-0.1, -0.05) is 23.8 Å². The summed E-state index contributed by atoms with van der Waals surface area (Å²) in [5.74, 6) is -0.407. The Bertz CT molecular complexity index is 584. The lowest BCUT2D eigenvalue weighted by Gasteiger charge is -2.23. The number of esters is 1. The number of carbonyl (C=O) groups is 2. The first-order chi connectivity index (χ1) is 11.0. The number of ether oxygens (including phenoxy) is 2. The lowest BCUT2D eigenvalue weighted by molar-refractivity contribution is -0.152. The summed E-state index contributed by atoms with van der Waals surface area (Å²) in [6.45, 7) is 6.54. The van der Waals surface area contributed by atoms with Crippen LogP contribution >= 0.6 is 0 Å². The lowest BCUT2D eigenvalue weighted by Crippen LogP contribution is -2.42. The first-order valence-electron chi connectivity index (χ1n) is 8.01. The zero-order chi connectivity index (χ0) is 17.0. The van der Waals surface area contributed by atoms with Crippen molar-refractivity contribution < 1.29 is 19.1 Å². The van der Waals surface area contributed by atoms with Gasteiger partial charge in [-0.25, -0.2) is 4.79 Å². The van der Waals surface area contributed by atoms with Crippen LogP contribution in [-0.2, 0) is 25.5 Å². The highest BCUT2D eigenvalue weighted by Crippen LogP contribution is 2.23. The predicted octanol–water partition coefficient (Wildman–Crippen LogP) is 2.02. The average Bonchev–Trinajstić information content (AvgIpc) is 2.95. The molecule has 0 radical (unpaired) electrons. The third-order valence-electron chi connectivity index (χ3n) is 4.31. The molecule has 5 heteroatoms. The van der Waals surface area contributed by atoms with Crippen LogP contribution in [-0.4, -0.2) is 49.2 Å². The fourth-order valence-electron chi connectivity index (χ4n) is 3.01. The number of hydrogen-bond acceptors (Lipinski definition) is 4. The summed E-state index contributed by atoms with van der Waals surface area (Å²) in [6, 6.07) is 5.50. The van der Waals surface area contributed by atoms with Gasteiger partial charge in [-0.15, -0.1) is 0 Å². The van der Waals surface area contributed by atoms with Gasteiger partial charge in [0, 0.05) is 20.1 Å². The smallest absolute Gasteiger partial charge is 0.328 e. The van der Waals surface area contributed by atoms with Gasteiger partial charge in [0.1, 0.15) is 6.04 Å². The van der Waals surface area contributed by atoms with Crippen molar-refractivity contribution in [3.63, 3.8) is 0 Å². The molecular formula is C18H25NO4. The fourth-order valence-corrected chi connectivity index (χ4v) is 3.01. The molecule has 2 rings (SSSR count). The summed E-state index contributed by atoms with van der Waals surface area (Å²) < 4.78 is 10.4. The Morgan fingerprint density at radius 2 is 2.04 bits per heavy atom. The molecule has 1 fully saturated rings. The van der Waals surface area contributed by atoms with E-state index in [1.54, 1.807) is 18.9 Å². The molecule has 5 nitrogen and oxygen atoms in total. The van der Waals surface area contributed by atoms with Crippen molar-refractivity contribution in [1.29, 1.82) is 0 Å². The Morgan fingerprint density at radius 1 is 1.30 bits per heavy atom. The van der Waals surface area contributed by atoms with Crippen LogP contribution in [0.25, 0.3) is 0 Å². The summed E-state index contributed by atoms with van der Waals surface area (Å²) in [6.07, 6.45) is 0.666. The van der Waals surface area contributed by atoms with Gasteiger partial charge in [-0.3, -0.25) is 4.79 Å². The third-order valence-corrected chi connectivity index (χ3v) is 4.31. The molecule has 1 heterocycles. The van der Waals surface area contributed by atoms with Gasteiger partial charge >= 0.3 is 5.97 Å². The molecule has 2 unspecified atom stereocenters. The summed E-state index contributed by atoms with van der Waals surface area (Å²) >= 11 is 0. The number of likely N-dealkylation sites (tertiary alicyclic amines) is 1. The number of hydrogen-bond donors (Lipinski definition) is 0. The minimum Gasteiger partial charge on any atom is -0.464 e. The van der Waals surface area contributed by atoms with Crippen molar-refractivity contribution in [1.82, 2.24) is 4.90 Å². The van der Waals surface area contributed by atoms with Gasteiger partial charge in [0.2, 0.25) is 5.91 Å². The molecule has 1 amide bonds. The molecule has 126 valence electrons. The second-order valence-corrected chi connectivity index (χ2v) is 6.01. The third kappa shape index (κ3) is 4.10. The zero-order valence-corrected chi connectivity index (χ0v) is 14.3. The predicted molar refractivity (Wildman–Crippen MR) is 87.2 cm³/mol. The van der Waals surface area contributed by atoms with Crippen molar-refractivity contribution in [2.24, 2.45) is 0 Å². The molecule has 2 atom stereocenters. The Hall–Kier alpha value is -1.88. The van der Waals surface area contributed by atoms with Gasteiger partial charge in [-0.05, 0) is 31.9 Å². The van der Waals surface area contributed by atoms with Gasteiger partial charge in [0.25, 0.3) is 0 Å². The molecule has 0 N–H and O–H groups in total. The summed E-state index contributed by atoms with van der Waals surface area (Å²) in [5, 5.41) is 0.